The summed E-state index contributed by atoms with van der Waals surface area (Å²) in [4.78, 5) is 6.51. The topological polar surface area (TPSA) is 255 Å². The molecule has 2 aliphatic heterocycles. The van der Waals surface area contributed by atoms with Crippen LogP contribution in [0.2, 0.25) is 0 Å². The lowest BCUT2D eigenvalue weighted by molar-refractivity contribution is -0.340. The van der Waals surface area contributed by atoms with E-state index in [9.17, 15) is 46.0 Å². The molecule has 220 valence electrons. The Morgan fingerprint density at radius 2 is 1.32 bits per heavy atom. The first-order valence-corrected chi connectivity index (χ1v) is 12.3. The molecule has 0 amide bonds. The molecule has 0 bridgehead atoms. The van der Waals surface area contributed by atoms with Gasteiger partial charge in [0.2, 0.25) is 0 Å². The average molecular weight is 607 g/mol. The Labute approximate surface area is 226 Å². The van der Waals surface area contributed by atoms with Crippen molar-refractivity contribution in [3.8, 4) is 0 Å². The van der Waals surface area contributed by atoms with Gasteiger partial charge >= 0.3 is 0 Å². The highest BCUT2D eigenvalue weighted by Crippen LogP contribution is 2.31. The lowest BCUT2D eigenvalue weighted by Crippen LogP contribution is -2.68. The van der Waals surface area contributed by atoms with E-state index in [1.54, 1.807) is 0 Å². The summed E-state index contributed by atoms with van der Waals surface area (Å²) in [5.41, 5.74) is 0. The molecule has 0 spiro atoms. The number of hydrogen-bond donors (Lipinski definition) is 12. The Balaban J connectivity index is 2.26. The number of ether oxygens (including phenoxy) is 4. The Bertz CT molecular complexity index is 663. The van der Waals surface area contributed by atoms with Gasteiger partial charge in [-0.15, -0.1) is 0 Å². The van der Waals surface area contributed by atoms with Gasteiger partial charge in [0.25, 0.3) is 0 Å². The van der Waals surface area contributed by atoms with Crippen molar-refractivity contribution < 1.29 is 64.9 Å². The molecule has 6 unspecified atom stereocenters. The Kier molecular flexibility index (Phi) is 14.3. The van der Waals surface area contributed by atoms with Gasteiger partial charge in [0.15, 0.2) is 12.6 Å². The molecule has 0 aromatic rings. The second-order valence-corrected chi connectivity index (χ2v) is 9.19. The summed E-state index contributed by atoms with van der Waals surface area (Å²) in [6, 6.07) is -3.82. The summed E-state index contributed by atoms with van der Waals surface area (Å²) >= 11 is 17.0. The predicted molar refractivity (Wildman–Crippen MR) is 124 cm³/mol. The van der Waals surface area contributed by atoms with Gasteiger partial charge in [-0.2, -0.15) is 0 Å². The van der Waals surface area contributed by atoms with Gasteiger partial charge in [-0.1, -0.05) is 0 Å². The molecule has 14 atom stereocenters. The highest BCUT2D eigenvalue weighted by atomic mass is 35.5. The summed E-state index contributed by atoms with van der Waals surface area (Å²) in [7, 11) is 0. The summed E-state index contributed by atoms with van der Waals surface area (Å²) in [5.74, 6) is 0. The maximum atomic E-state index is 11.0. The monoisotopic (exact) mass is 605 g/mol. The van der Waals surface area contributed by atoms with Gasteiger partial charge in [0.1, 0.15) is 67.0 Å². The zero-order valence-corrected chi connectivity index (χ0v) is 21.5. The maximum absolute atomic E-state index is 11.0. The van der Waals surface area contributed by atoms with Crippen molar-refractivity contribution in [3.05, 3.63) is 0 Å². The van der Waals surface area contributed by atoms with Crippen molar-refractivity contribution in [1.29, 1.82) is 0 Å². The summed E-state index contributed by atoms with van der Waals surface area (Å²) in [5, 5.41) is 90.3. The second-order valence-electron chi connectivity index (χ2n) is 8.53. The highest BCUT2D eigenvalue weighted by molar-refractivity contribution is 6.14. The van der Waals surface area contributed by atoms with Crippen LogP contribution in [0.25, 0.3) is 0 Å². The largest absolute Gasteiger partial charge is 0.395 e. The van der Waals surface area contributed by atoms with Gasteiger partial charge in [-0.3, -0.25) is 0 Å². The molecule has 0 saturated carbocycles. The van der Waals surface area contributed by atoms with Gasteiger partial charge in [-0.05, 0) is 35.3 Å². The third-order valence-corrected chi connectivity index (χ3v) is 7.00. The van der Waals surface area contributed by atoms with Crippen LogP contribution in [0.5, 0.6) is 0 Å². The van der Waals surface area contributed by atoms with E-state index in [0.29, 0.717) is 0 Å². The fourth-order valence-electron chi connectivity index (χ4n) is 4.03. The minimum atomic E-state index is -1.71. The van der Waals surface area contributed by atoms with E-state index in [1.165, 1.54) is 0 Å². The average Bonchev–Trinajstić information content (AvgIpc) is 2.90. The molecule has 16 nitrogen and oxygen atoms in total. The molecule has 0 aliphatic carbocycles. The van der Waals surface area contributed by atoms with E-state index in [2.05, 4.69) is 14.5 Å². The predicted octanol–water partition coefficient (Wildman–Crippen LogP) is -5.68. The molecule has 2 saturated heterocycles. The van der Waals surface area contributed by atoms with Crippen LogP contribution in [0.3, 0.4) is 0 Å². The van der Waals surface area contributed by atoms with Gasteiger partial charge in [0, 0.05) is 0 Å². The molecule has 2 heterocycles. The van der Waals surface area contributed by atoms with Crippen molar-refractivity contribution in [1.82, 2.24) is 14.5 Å². The highest BCUT2D eigenvalue weighted by Gasteiger charge is 2.52. The molecule has 2 fully saturated rings. The fraction of sp³-hybridized carbons (Fsp3) is 1.00. The van der Waals surface area contributed by atoms with E-state index in [1.807, 2.05) is 0 Å². The van der Waals surface area contributed by atoms with Crippen molar-refractivity contribution >= 4 is 35.3 Å². The molecule has 0 aromatic carbocycles. The molecule has 37 heavy (non-hydrogen) atoms. The standard InChI is InChI=1S/C18H34Cl3N3O13/c19-22-5(1-25)11(30)15(6(29)2-26)36-18-10(24-21)14(33)16(8(4-28)35-18)37-17-9(23-20)13(32)12(31)7(3-27)34-17/h5-18,22-33H,1-4H2/t5?,6?,7?,8?,9?,10?,11-,12+,13-,14-,15+,16+,17-,18-/m0/s1. The number of hydrogen-bond acceptors (Lipinski definition) is 16. The molecular weight excluding hydrogens is 573 g/mol. The molecule has 2 aliphatic rings. The summed E-state index contributed by atoms with van der Waals surface area (Å²) < 4.78 is 22.5. The van der Waals surface area contributed by atoms with Crippen molar-refractivity contribution in [2.75, 3.05) is 26.4 Å². The third kappa shape index (κ3) is 7.70. The van der Waals surface area contributed by atoms with Crippen LogP contribution in [0, 0.1) is 0 Å². The zero-order valence-electron chi connectivity index (χ0n) is 19.2. The zero-order chi connectivity index (χ0) is 27.9. The van der Waals surface area contributed by atoms with Crippen molar-refractivity contribution in [2.45, 2.75) is 85.6 Å². The van der Waals surface area contributed by atoms with E-state index >= 15 is 0 Å². The first-order chi connectivity index (χ1) is 17.6. The Hall–Kier alpha value is 0.230. The number of aliphatic hydroxyl groups is 9. The summed E-state index contributed by atoms with van der Waals surface area (Å²) in [6.07, 6.45) is -16.9. The molecular formula is C18H34Cl3N3O13. The lowest BCUT2D eigenvalue weighted by Gasteiger charge is -2.48. The lowest BCUT2D eigenvalue weighted by atomic mass is 9.95. The smallest absolute Gasteiger partial charge is 0.177 e. The van der Waals surface area contributed by atoms with E-state index < -0.39 is 112 Å². The van der Waals surface area contributed by atoms with Crippen LogP contribution >= 0.6 is 35.3 Å². The number of aliphatic hydroxyl groups excluding tert-OH is 9. The van der Waals surface area contributed by atoms with Crippen LogP contribution in [-0.2, 0) is 18.9 Å². The van der Waals surface area contributed by atoms with Crippen LogP contribution < -0.4 is 14.5 Å². The SMILES string of the molecule is OCC1O[C@@H](O[C@@H]2C(CO)O[C@@H](O[C@H](C(O)CO)[C@@H](O)C(CO)NCl)C(NCl)[C@@H]2O)C(NCl)[C@H](O)[C@@H]1O. The van der Waals surface area contributed by atoms with Crippen LogP contribution in [0.4, 0.5) is 0 Å². The fourth-order valence-corrected chi connectivity index (χ4v) is 4.69. The number of halogens is 3. The first-order valence-electron chi connectivity index (χ1n) is 11.2. The van der Waals surface area contributed by atoms with Gasteiger partial charge < -0.3 is 64.9 Å². The van der Waals surface area contributed by atoms with Gasteiger partial charge in [0.05, 0.1) is 32.5 Å². The van der Waals surface area contributed by atoms with Crippen LogP contribution in [0.1, 0.15) is 0 Å². The number of nitrogens with one attached hydrogen (secondary N) is 3. The van der Waals surface area contributed by atoms with Crippen molar-refractivity contribution in [2.24, 2.45) is 0 Å². The van der Waals surface area contributed by atoms with Crippen LogP contribution in [0.15, 0.2) is 0 Å². The van der Waals surface area contributed by atoms with Crippen molar-refractivity contribution in [3.63, 3.8) is 0 Å². The minimum Gasteiger partial charge on any atom is -0.395 e. The van der Waals surface area contributed by atoms with E-state index in [-0.39, 0.29) is 0 Å². The normalized spacial score (nSPS) is 40.2. The number of rotatable bonds is 14. The minimum absolute atomic E-state index is 0.685. The Morgan fingerprint density at radius 3 is 1.81 bits per heavy atom. The van der Waals surface area contributed by atoms with Gasteiger partial charge in [-0.25, -0.2) is 14.5 Å². The van der Waals surface area contributed by atoms with E-state index in [4.69, 9.17) is 54.3 Å². The molecule has 12 N–H and O–H groups in total. The summed E-state index contributed by atoms with van der Waals surface area (Å²) in [6.45, 7) is -3.02. The second kappa shape index (κ2) is 15.9. The molecule has 2 rings (SSSR count). The maximum Gasteiger partial charge on any atom is 0.177 e. The van der Waals surface area contributed by atoms with Crippen LogP contribution in [-0.4, -0.2) is 158 Å². The molecule has 19 heteroatoms. The first kappa shape index (κ1) is 33.4. The Morgan fingerprint density at radius 1 is 0.757 bits per heavy atom. The third-order valence-electron chi connectivity index (χ3n) is 6.22. The van der Waals surface area contributed by atoms with E-state index in [0.717, 1.165) is 0 Å². The molecule has 0 aromatic heterocycles. The molecule has 0 radical (unpaired) electrons. The quantitative estimate of drug-likeness (QED) is 0.0823.